The number of carbonyl (C=O) groups is 3. The normalized spacial score (nSPS) is 18.7. The second kappa shape index (κ2) is 7.34. The summed E-state index contributed by atoms with van der Waals surface area (Å²) >= 11 is 0. The standard InChI is InChI=1S/C21H22N4O3/c1-22-15-3-2-4-16(10-15)23-11-13-5-6-14-12-25(21(28)17(14)9-13)18-7-8-19(26)24-20(18)27/h2-6,9-10,18,22-23H,7-8,11-12H2,1H3,(H,24,26,27). The van der Waals surface area contributed by atoms with Gasteiger partial charge >= 0.3 is 0 Å². The molecule has 144 valence electrons. The molecule has 0 spiro atoms. The van der Waals surface area contributed by atoms with Crippen molar-refractivity contribution in [2.75, 3.05) is 17.7 Å². The second-order valence-electron chi connectivity index (χ2n) is 7.08. The number of nitrogens with one attached hydrogen (secondary N) is 3. The van der Waals surface area contributed by atoms with Crippen molar-refractivity contribution in [3.8, 4) is 0 Å². The highest BCUT2D eigenvalue weighted by Gasteiger charge is 2.39. The first-order valence-electron chi connectivity index (χ1n) is 9.33. The summed E-state index contributed by atoms with van der Waals surface area (Å²) in [5, 5.41) is 8.79. The van der Waals surface area contributed by atoms with E-state index in [2.05, 4.69) is 16.0 Å². The molecule has 0 aromatic heterocycles. The molecule has 2 aliphatic heterocycles. The Bertz CT molecular complexity index is 956. The topological polar surface area (TPSA) is 90.5 Å². The molecule has 7 heteroatoms. The van der Waals surface area contributed by atoms with Crippen molar-refractivity contribution in [2.45, 2.75) is 32.0 Å². The van der Waals surface area contributed by atoms with Gasteiger partial charge in [-0.1, -0.05) is 18.2 Å². The molecule has 0 radical (unpaired) electrons. The van der Waals surface area contributed by atoms with E-state index in [4.69, 9.17) is 0 Å². The number of benzene rings is 2. The Labute approximate surface area is 163 Å². The van der Waals surface area contributed by atoms with E-state index in [1.54, 1.807) is 4.90 Å². The fourth-order valence-electron chi connectivity index (χ4n) is 3.70. The summed E-state index contributed by atoms with van der Waals surface area (Å²) in [6.45, 7) is 0.991. The molecule has 3 N–H and O–H groups in total. The van der Waals surface area contributed by atoms with Crippen LogP contribution in [0.25, 0.3) is 0 Å². The predicted molar refractivity (Wildman–Crippen MR) is 106 cm³/mol. The SMILES string of the molecule is CNc1cccc(NCc2ccc3c(c2)C(=O)N(C2CCC(=O)NC2=O)C3)c1. The van der Waals surface area contributed by atoms with Gasteiger partial charge < -0.3 is 15.5 Å². The number of hydrogen-bond donors (Lipinski definition) is 3. The van der Waals surface area contributed by atoms with Crippen LogP contribution in [0.1, 0.15) is 34.3 Å². The quantitative estimate of drug-likeness (QED) is 0.693. The van der Waals surface area contributed by atoms with E-state index in [-0.39, 0.29) is 24.1 Å². The van der Waals surface area contributed by atoms with E-state index in [0.717, 1.165) is 22.5 Å². The molecule has 7 nitrogen and oxygen atoms in total. The maximum absolute atomic E-state index is 12.9. The summed E-state index contributed by atoms with van der Waals surface area (Å²) in [6, 6.07) is 13.2. The van der Waals surface area contributed by atoms with Gasteiger partial charge in [-0.05, 0) is 41.8 Å². The third-order valence-corrected chi connectivity index (χ3v) is 5.24. The monoisotopic (exact) mass is 378 g/mol. The van der Waals surface area contributed by atoms with E-state index >= 15 is 0 Å². The number of fused-ring (bicyclic) bond motifs is 1. The molecular weight excluding hydrogens is 356 g/mol. The maximum atomic E-state index is 12.9. The Balaban J connectivity index is 1.46. The number of amides is 3. The average Bonchev–Trinajstić information content (AvgIpc) is 3.02. The Morgan fingerprint density at radius 2 is 1.93 bits per heavy atom. The summed E-state index contributed by atoms with van der Waals surface area (Å²) in [7, 11) is 1.87. The Hall–Kier alpha value is -3.35. The lowest BCUT2D eigenvalue weighted by Crippen LogP contribution is -2.52. The van der Waals surface area contributed by atoms with Gasteiger partial charge in [-0.25, -0.2) is 0 Å². The van der Waals surface area contributed by atoms with Crippen molar-refractivity contribution in [1.29, 1.82) is 0 Å². The van der Waals surface area contributed by atoms with Crippen molar-refractivity contribution in [3.63, 3.8) is 0 Å². The number of imide groups is 1. The minimum absolute atomic E-state index is 0.150. The third kappa shape index (κ3) is 3.43. The number of anilines is 2. The van der Waals surface area contributed by atoms with E-state index in [0.29, 0.717) is 25.1 Å². The Morgan fingerprint density at radius 1 is 1.11 bits per heavy atom. The number of carbonyl (C=O) groups excluding carboxylic acids is 3. The van der Waals surface area contributed by atoms with Gasteiger partial charge in [0.15, 0.2) is 0 Å². The minimum Gasteiger partial charge on any atom is -0.388 e. The predicted octanol–water partition coefficient (Wildman–Crippen LogP) is 2.10. The van der Waals surface area contributed by atoms with Gasteiger partial charge in [-0.3, -0.25) is 19.7 Å². The van der Waals surface area contributed by atoms with Crippen molar-refractivity contribution in [3.05, 3.63) is 59.2 Å². The lowest BCUT2D eigenvalue weighted by molar-refractivity contribution is -0.136. The number of piperidine rings is 1. The van der Waals surface area contributed by atoms with E-state index in [9.17, 15) is 14.4 Å². The van der Waals surface area contributed by atoms with Crippen LogP contribution in [0.15, 0.2) is 42.5 Å². The fraction of sp³-hybridized carbons (Fsp3) is 0.286. The van der Waals surface area contributed by atoms with Crippen LogP contribution >= 0.6 is 0 Å². The fourth-order valence-corrected chi connectivity index (χ4v) is 3.70. The molecule has 3 amide bonds. The smallest absolute Gasteiger partial charge is 0.255 e. The first-order chi connectivity index (χ1) is 13.5. The molecule has 2 aromatic rings. The van der Waals surface area contributed by atoms with Gasteiger partial charge in [-0.2, -0.15) is 0 Å². The van der Waals surface area contributed by atoms with Crippen LogP contribution in [-0.4, -0.2) is 35.7 Å². The summed E-state index contributed by atoms with van der Waals surface area (Å²) in [5.74, 6) is -0.812. The van der Waals surface area contributed by atoms with E-state index in [1.807, 2.05) is 49.5 Å². The Kier molecular flexibility index (Phi) is 4.73. The Morgan fingerprint density at radius 3 is 2.71 bits per heavy atom. The zero-order valence-corrected chi connectivity index (χ0v) is 15.6. The highest BCUT2D eigenvalue weighted by molar-refractivity contribution is 6.05. The number of hydrogen-bond acceptors (Lipinski definition) is 5. The first kappa shape index (κ1) is 18.0. The average molecular weight is 378 g/mol. The van der Waals surface area contributed by atoms with Crippen molar-refractivity contribution in [2.24, 2.45) is 0 Å². The zero-order valence-electron chi connectivity index (χ0n) is 15.6. The van der Waals surface area contributed by atoms with Gasteiger partial charge in [0.25, 0.3) is 5.91 Å². The van der Waals surface area contributed by atoms with Crippen LogP contribution in [-0.2, 0) is 22.7 Å². The molecular formula is C21H22N4O3. The van der Waals surface area contributed by atoms with Crippen LogP contribution < -0.4 is 16.0 Å². The molecule has 0 aliphatic carbocycles. The van der Waals surface area contributed by atoms with Crippen molar-refractivity contribution in [1.82, 2.24) is 10.2 Å². The van der Waals surface area contributed by atoms with Crippen LogP contribution in [0.2, 0.25) is 0 Å². The molecule has 28 heavy (non-hydrogen) atoms. The minimum atomic E-state index is -0.580. The molecule has 4 rings (SSSR count). The molecule has 2 heterocycles. The zero-order chi connectivity index (χ0) is 19.7. The summed E-state index contributed by atoms with van der Waals surface area (Å²) in [6.07, 6.45) is 0.637. The molecule has 1 fully saturated rings. The van der Waals surface area contributed by atoms with Crippen LogP contribution in [0.5, 0.6) is 0 Å². The molecule has 1 saturated heterocycles. The van der Waals surface area contributed by atoms with Gasteiger partial charge in [0.1, 0.15) is 6.04 Å². The van der Waals surface area contributed by atoms with E-state index in [1.165, 1.54) is 0 Å². The summed E-state index contributed by atoms with van der Waals surface area (Å²) in [5.41, 5.74) is 4.55. The lowest BCUT2D eigenvalue weighted by atomic mass is 10.0. The van der Waals surface area contributed by atoms with Crippen LogP contribution in [0.3, 0.4) is 0 Å². The molecule has 2 aromatic carbocycles. The maximum Gasteiger partial charge on any atom is 0.255 e. The van der Waals surface area contributed by atoms with Gasteiger partial charge in [0.2, 0.25) is 11.8 Å². The van der Waals surface area contributed by atoms with Crippen molar-refractivity contribution >= 4 is 29.1 Å². The van der Waals surface area contributed by atoms with Crippen LogP contribution in [0, 0.1) is 0 Å². The highest BCUT2D eigenvalue weighted by Crippen LogP contribution is 2.28. The summed E-state index contributed by atoms with van der Waals surface area (Å²) in [4.78, 5) is 37.9. The summed E-state index contributed by atoms with van der Waals surface area (Å²) < 4.78 is 0. The van der Waals surface area contributed by atoms with Gasteiger partial charge in [0, 0.05) is 43.5 Å². The molecule has 0 bridgehead atoms. The third-order valence-electron chi connectivity index (χ3n) is 5.24. The molecule has 1 unspecified atom stereocenters. The largest absolute Gasteiger partial charge is 0.388 e. The van der Waals surface area contributed by atoms with Crippen LogP contribution in [0.4, 0.5) is 11.4 Å². The lowest BCUT2D eigenvalue weighted by Gasteiger charge is -2.29. The number of nitrogens with zero attached hydrogens (tertiary/aromatic N) is 1. The molecule has 0 saturated carbocycles. The number of rotatable bonds is 5. The van der Waals surface area contributed by atoms with Gasteiger partial charge in [0.05, 0.1) is 0 Å². The van der Waals surface area contributed by atoms with Gasteiger partial charge in [-0.15, -0.1) is 0 Å². The van der Waals surface area contributed by atoms with Crippen molar-refractivity contribution < 1.29 is 14.4 Å². The first-order valence-corrected chi connectivity index (χ1v) is 9.33. The molecule has 2 aliphatic rings. The second-order valence-corrected chi connectivity index (χ2v) is 7.08. The van der Waals surface area contributed by atoms with E-state index < -0.39 is 6.04 Å². The molecule has 1 atom stereocenters. The highest BCUT2D eigenvalue weighted by atomic mass is 16.2.